The van der Waals surface area contributed by atoms with Gasteiger partial charge in [-0.2, -0.15) is 0 Å². The van der Waals surface area contributed by atoms with E-state index in [4.69, 9.17) is 16.7 Å². The van der Waals surface area contributed by atoms with E-state index in [9.17, 15) is 13.2 Å². The lowest BCUT2D eigenvalue weighted by molar-refractivity contribution is 0.0696. The Balaban J connectivity index is 2.08. The fraction of sp³-hybridized carbons (Fsp3) is 0.400. The van der Waals surface area contributed by atoms with Gasteiger partial charge < -0.3 is 5.11 Å². The summed E-state index contributed by atoms with van der Waals surface area (Å²) in [6.07, 6.45) is 3.24. The average Bonchev–Trinajstić information content (AvgIpc) is 2.48. The summed E-state index contributed by atoms with van der Waals surface area (Å²) >= 11 is 5.94. The number of piperidine rings is 1. The monoisotopic (exact) mass is 358 g/mol. The molecular formula is C15H19ClN2O4S. The molecule has 1 aliphatic rings. The van der Waals surface area contributed by atoms with Crippen LogP contribution in [0.2, 0.25) is 5.02 Å². The number of rotatable bonds is 6. The highest BCUT2D eigenvalue weighted by Gasteiger charge is 2.26. The smallest absolute Gasteiger partial charge is 0.335 e. The van der Waals surface area contributed by atoms with Crippen LogP contribution in [0.25, 0.3) is 0 Å². The third-order valence-corrected chi connectivity index (χ3v) is 5.77. The van der Waals surface area contributed by atoms with Crippen LogP contribution >= 0.6 is 11.6 Å². The van der Waals surface area contributed by atoms with Crippen molar-refractivity contribution in [3.63, 3.8) is 0 Å². The number of nitrogens with one attached hydrogen (secondary N) is 1. The summed E-state index contributed by atoms with van der Waals surface area (Å²) < 4.78 is 27.5. The summed E-state index contributed by atoms with van der Waals surface area (Å²) in [6, 6.07) is 3.44. The van der Waals surface area contributed by atoms with Crippen molar-refractivity contribution >= 4 is 27.6 Å². The molecule has 126 valence electrons. The van der Waals surface area contributed by atoms with Gasteiger partial charge >= 0.3 is 5.97 Å². The Bertz CT molecular complexity index is 697. The highest BCUT2D eigenvalue weighted by Crippen LogP contribution is 2.24. The Morgan fingerprint density at radius 2 is 2.09 bits per heavy atom. The molecule has 1 fully saturated rings. The summed E-state index contributed by atoms with van der Waals surface area (Å²) in [5, 5.41) is 8.80. The molecule has 0 amide bonds. The molecule has 1 aromatic rings. The average molecular weight is 359 g/mol. The third-order valence-electron chi connectivity index (χ3n) is 3.77. The topological polar surface area (TPSA) is 86.7 Å². The molecule has 0 saturated carbocycles. The van der Waals surface area contributed by atoms with E-state index in [0.29, 0.717) is 12.8 Å². The SMILES string of the molecule is C=CCN1CCC(NS(=O)(=O)c2ccc(C(=O)O)cc2Cl)CC1. The molecule has 1 aromatic carbocycles. The standard InChI is InChI=1S/C15H19ClN2O4S/c1-2-7-18-8-5-12(6-9-18)17-23(21,22)14-4-3-11(15(19)20)10-13(14)16/h2-4,10,12,17H,1,5-9H2,(H,19,20). The Kier molecular flexibility index (Phi) is 5.80. The molecule has 2 N–H and O–H groups in total. The lowest BCUT2D eigenvalue weighted by Crippen LogP contribution is -2.44. The first kappa shape index (κ1) is 17.9. The van der Waals surface area contributed by atoms with Gasteiger partial charge in [-0.1, -0.05) is 17.7 Å². The van der Waals surface area contributed by atoms with Gasteiger partial charge in [-0.25, -0.2) is 17.9 Å². The molecule has 0 bridgehead atoms. The normalized spacial score (nSPS) is 17.1. The molecule has 0 spiro atoms. The Labute approximate surface area is 140 Å². The first-order valence-corrected chi connectivity index (χ1v) is 9.08. The van der Waals surface area contributed by atoms with Crippen LogP contribution in [0.3, 0.4) is 0 Å². The first-order chi connectivity index (χ1) is 10.8. The van der Waals surface area contributed by atoms with E-state index < -0.39 is 16.0 Å². The van der Waals surface area contributed by atoms with Crippen molar-refractivity contribution in [2.45, 2.75) is 23.8 Å². The second-order valence-electron chi connectivity index (χ2n) is 5.44. The number of carboxylic acid groups (broad SMARTS) is 1. The van der Waals surface area contributed by atoms with E-state index in [1.165, 1.54) is 12.1 Å². The fourth-order valence-corrected chi connectivity index (χ4v) is 4.40. The third kappa shape index (κ3) is 4.54. The fourth-order valence-electron chi connectivity index (χ4n) is 2.55. The van der Waals surface area contributed by atoms with Crippen molar-refractivity contribution in [3.8, 4) is 0 Å². The van der Waals surface area contributed by atoms with Crippen LogP contribution in [0.15, 0.2) is 35.7 Å². The lowest BCUT2D eigenvalue weighted by Gasteiger charge is -2.31. The largest absolute Gasteiger partial charge is 0.478 e. The number of nitrogens with zero attached hydrogens (tertiary/aromatic N) is 1. The molecule has 0 unspecified atom stereocenters. The molecule has 0 aliphatic carbocycles. The van der Waals surface area contributed by atoms with Crippen LogP contribution in [0.4, 0.5) is 0 Å². The molecule has 1 aliphatic heterocycles. The predicted octanol–water partition coefficient (Wildman–Crippen LogP) is 1.97. The van der Waals surface area contributed by atoms with Crippen molar-refractivity contribution in [1.82, 2.24) is 9.62 Å². The minimum atomic E-state index is -3.78. The van der Waals surface area contributed by atoms with Crippen LogP contribution in [-0.2, 0) is 10.0 Å². The van der Waals surface area contributed by atoms with Crippen molar-refractivity contribution in [2.24, 2.45) is 0 Å². The maximum Gasteiger partial charge on any atom is 0.335 e. The van der Waals surface area contributed by atoms with E-state index in [1.807, 2.05) is 6.08 Å². The molecule has 1 heterocycles. The van der Waals surface area contributed by atoms with Gasteiger partial charge in [-0.15, -0.1) is 6.58 Å². The van der Waals surface area contributed by atoms with E-state index in [0.717, 1.165) is 25.7 Å². The minimum absolute atomic E-state index is 0.0494. The number of carboxylic acids is 1. The van der Waals surface area contributed by atoms with Crippen molar-refractivity contribution in [1.29, 1.82) is 0 Å². The van der Waals surface area contributed by atoms with E-state index >= 15 is 0 Å². The zero-order valence-corrected chi connectivity index (χ0v) is 14.1. The number of halogens is 1. The van der Waals surface area contributed by atoms with Crippen LogP contribution in [0.1, 0.15) is 23.2 Å². The van der Waals surface area contributed by atoms with Gasteiger partial charge in [0.25, 0.3) is 0 Å². The number of benzene rings is 1. The second-order valence-corrected chi connectivity index (χ2v) is 7.52. The van der Waals surface area contributed by atoms with E-state index in [1.54, 1.807) is 0 Å². The van der Waals surface area contributed by atoms with Gasteiger partial charge in [0, 0.05) is 12.6 Å². The zero-order valence-electron chi connectivity index (χ0n) is 12.5. The summed E-state index contributed by atoms with van der Waals surface area (Å²) in [6.45, 7) is 6.08. The number of sulfonamides is 1. The number of likely N-dealkylation sites (tertiary alicyclic amines) is 1. The molecule has 6 nitrogen and oxygen atoms in total. The minimum Gasteiger partial charge on any atom is -0.478 e. The first-order valence-electron chi connectivity index (χ1n) is 7.22. The van der Waals surface area contributed by atoms with Crippen LogP contribution < -0.4 is 4.72 Å². The molecule has 0 aromatic heterocycles. The second kappa shape index (κ2) is 7.44. The van der Waals surface area contributed by atoms with Gasteiger partial charge in [0.15, 0.2) is 0 Å². The van der Waals surface area contributed by atoms with Gasteiger partial charge in [0.1, 0.15) is 4.90 Å². The van der Waals surface area contributed by atoms with E-state index in [2.05, 4.69) is 16.2 Å². The quantitative estimate of drug-likeness (QED) is 0.759. The van der Waals surface area contributed by atoms with Crippen LogP contribution in [0.5, 0.6) is 0 Å². The molecular weight excluding hydrogens is 340 g/mol. The molecule has 0 radical (unpaired) electrons. The Hall–Kier alpha value is -1.41. The van der Waals surface area contributed by atoms with Crippen LogP contribution in [-0.4, -0.2) is 50.1 Å². The van der Waals surface area contributed by atoms with Gasteiger partial charge in [-0.05, 0) is 44.1 Å². The summed E-state index contributed by atoms with van der Waals surface area (Å²) in [7, 11) is -3.78. The molecule has 0 atom stereocenters. The lowest BCUT2D eigenvalue weighted by atomic mass is 10.1. The maximum absolute atomic E-state index is 12.4. The Morgan fingerprint density at radius 3 is 2.61 bits per heavy atom. The van der Waals surface area contributed by atoms with Gasteiger partial charge in [-0.3, -0.25) is 4.90 Å². The highest BCUT2D eigenvalue weighted by atomic mass is 35.5. The van der Waals surface area contributed by atoms with Crippen LogP contribution in [0, 0.1) is 0 Å². The zero-order chi connectivity index (χ0) is 17.0. The molecule has 1 saturated heterocycles. The number of carbonyl (C=O) groups is 1. The predicted molar refractivity (Wildman–Crippen MR) is 88.4 cm³/mol. The number of hydrogen-bond donors (Lipinski definition) is 2. The number of aromatic carboxylic acids is 1. The van der Waals surface area contributed by atoms with E-state index in [-0.39, 0.29) is 21.5 Å². The maximum atomic E-state index is 12.4. The van der Waals surface area contributed by atoms with Gasteiger partial charge in [0.2, 0.25) is 10.0 Å². The van der Waals surface area contributed by atoms with Crippen molar-refractivity contribution < 1.29 is 18.3 Å². The summed E-state index contributed by atoms with van der Waals surface area (Å²) in [4.78, 5) is 13.0. The summed E-state index contributed by atoms with van der Waals surface area (Å²) in [5.74, 6) is -1.15. The summed E-state index contributed by atoms with van der Waals surface area (Å²) in [5.41, 5.74) is -0.0494. The van der Waals surface area contributed by atoms with Crippen molar-refractivity contribution in [3.05, 3.63) is 41.4 Å². The Morgan fingerprint density at radius 1 is 1.43 bits per heavy atom. The highest BCUT2D eigenvalue weighted by molar-refractivity contribution is 7.89. The van der Waals surface area contributed by atoms with Crippen molar-refractivity contribution in [2.75, 3.05) is 19.6 Å². The molecule has 2 rings (SSSR count). The van der Waals surface area contributed by atoms with Gasteiger partial charge in [0.05, 0.1) is 10.6 Å². The number of hydrogen-bond acceptors (Lipinski definition) is 4. The molecule has 8 heteroatoms. The molecule has 23 heavy (non-hydrogen) atoms.